The molecule has 0 fully saturated rings. The van der Waals surface area contributed by atoms with Crippen molar-refractivity contribution in [3.8, 4) is 11.3 Å². The minimum absolute atomic E-state index is 0.0521. The SMILES string of the molecule is Cn1cc(-c2ccc3c(n2)N(C(=O)c2cc4n(n2)CCC4)CCC3)cn1. The first-order valence-electron chi connectivity index (χ1n) is 9.06. The Bertz CT molecular complexity index is 980. The van der Waals surface area contributed by atoms with Gasteiger partial charge in [0, 0.05) is 37.6 Å². The quantitative estimate of drug-likeness (QED) is 0.712. The van der Waals surface area contributed by atoms with Crippen LogP contribution in [0.25, 0.3) is 11.3 Å². The van der Waals surface area contributed by atoms with E-state index in [1.165, 1.54) is 0 Å². The minimum atomic E-state index is -0.0521. The van der Waals surface area contributed by atoms with Gasteiger partial charge in [-0.05, 0) is 43.4 Å². The highest BCUT2D eigenvalue weighted by atomic mass is 16.2. The highest BCUT2D eigenvalue weighted by molar-refractivity contribution is 6.05. The van der Waals surface area contributed by atoms with Crippen LogP contribution in [0.4, 0.5) is 5.82 Å². The lowest BCUT2D eigenvalue weighted by atomic mass is 10.0. The molecule has 132 valence electrons. The highest BCUT2D eigenvalue weighted by Gasteiger charge is 2.28. The van der Waals surface area contributed by atoms with Crippen LogP contribution >= 0.6 is 0 Å². The van der Waals surface area contributed by atoms with Gasteiger partial charge in [0.25, 0.3) is 5.91 Å². The van der Waals surface area contributed by atoms with Crippen molar-refractivity contribution in [1.82, 2.24) is 24.5 Å². The highest BCUT2D eigenvalue weighted by Crippen LogP contribution is 2.30. The van der Waals surface area contributed by atoms with Crippen molar-refractivity contribution in [2.24, 2.45) is 7.05 Å². The molecule has 7 nitrogen and oxygen atoms in total. The first kappa shape index (κ1) is 15.3. The first-order valence-corrected chi connectivity index (χ1v) is 9.06. The van der Waals surface area contributed by atoms with E-state index in [1.54, 1.807) is 15.8 Å². The number of rotatable bonds is 2. The number of hydrogen-bond acceptors (Lipinski definition) is 4. The molecule has 3 aromatic heterocycles. The maximum atomic E-state index is 13.1. The van der Waals surface area contributed by atoms with Crippen LogP contribution in [0, 0.1) is 0 Å². The Balaban J connectivity index is 1.52. The fraction of sp³-hybridized carbons (Fsp3) is 0.368. The van der Waals surface area contributed by atoms with E-state index in [2.05, 4.69) is 16.3 Å². The summed E-state index contributed by atoms with van der Waals surface area (Å²) in [6, 6.07) is 6.03. The Morgan fingerprint density at radius 3 is 2.85 bits per heavy atom. The second-order valence-corrected chi connectivity index (χ2v) is 6.99. The molecule has 7 heteroatoms. The number of amides is 1. The summed E-state index contributed by atoms with van der Waals surface area (Å²) >= 11 is 0. The molecule has 2 aliphatic rings. The van der Waals surface area contributed by atoms with Crippen LogP contribution in [0.2, 0.25) is 0 Å². The molecule has 0 aromatic carbocycles. The summed E-state index contributed by atoms with van der Waals surface area (Å²) in [7, 11) is 1.88. The normalized spacial score (nSPS) is 15.8. The Morgan fingerprint density at radius 2 is 2.04 bits per heavy atom. The van der Waals surface area contributed by atoms with Crippen LogP contribution in [-0.4, -0.2) is 37.0 Å². The van der Waals surface area contributed by atoms with E-state index < -0.39 is 0 Å². The number of nitrogens with zero attached hydrogens (tertiary/aromatic N) is 6. The van der Waals surface area contributed by atoms with E-state index in [9.17, 15) is 4.79 Å². The zero-order chi connectivity index (χ0) is 17.7. The molecule has 0 unspecified atom stereocenters. The third-order valence-corrected chi connectivity index (χ3v) is 5.17. The van der Waals surface area contributed by atoms with Crippen LogP contribution < -0.4 is 4.90 Å². The molecular weight excluding hydrogens is 328 g/mol. The molecule has 2 aliphatic heterocycles. The van der Waals surface area contributed by atoms with Crippen LogP contribution in [0.3, 0.4) is 0 Å². The molecule has 3 aromatic rings. The van der Waals surface area contributed by atoms with Crippen molar-refractivity contribution in [1.29, 1.82) is 0 Å². The van der Waals surface area contributed by atoms with Gasteiger partial charge in [-0.1, -0.05) is 6.07 Å². The number of aryl methyl sites for hydroxylation is 4. The Hall–Kier alpha value is -2.96. The van der Waals surface area contributed by atoms with Crippen molar-refractivity contribution < 1.29 is 4.79 Å². The number of fused-ring (bicyclic) bond motifs is 2. The van der Waals surface area contributed by atoms with Gasteiger partial charge in [-0.15, -0.1) is 0 Å². The second-order valence-electron chi connectivity index (χ2n) is 6.99. The fourth-order valence-electron chi connectivity index (χ4n) is 3.85. The van der Waals surface area contributed by atoms with Gasteiger partial charge >= 0.3 is 0 Å². The number of carbonyl (C=O) groups excluding carboxylic acids is 1. The summed E-state index contributed by atoms with van der Waals surface area (Å²) in [4.78, 5) is 19.7. The minimum Gasteiger partial charge on any atom is -0.291 e. The molecule has 0 saturated heterocycles. The molecule has 1 amide bonds. The summed E-state index contributed by atoms with van der Waals surface area (Å²) in [5.74, 6) is 0.708. The zero-order valence-electron chi connectivity index (χ0n) is 14.7. The van der Waals surface area contributed by atoms with Gasteiger partial charge in [0.05, 0.1) is 11.9 Å². The zero-order valence-corrected chi connectivity index (χ0v) is 14.7. The van der Waals surface area contributed by atoms with Crippen molar-refractivity contribution in [2.45, 2.75) is 32.2 Å². The Morgan fingerprint density at radius 1 is 1.15 bits per heavy atom. The molecule has 0 saturated carbocycles. The molecular formula is C19H20N6O. The maximum Gasteiger partial charge on any atom is 0.279 e. The molecule has 0 bridgehead atoms. The number of anilines is 1. The van der Waals surface area contributed by atoms with E-state index in [4.69, 9.17) is 4.98 Å². The van der Waals surface area contributed by atoms with E-state index in [-0.39, 0.29) is 5.91 Å². The number of aromatic nitrogens is 5. The van der Waals surface area contributed by atoms with Crippen LogP contribution in [-0.2, 0) is 26.4 Å². The second kappa shape index (κ2) is 5.79. The predicted molar refractivity (Wildman–Crippen MR) is 97.0 cm³/mol. The summed E-state index contributed by atoms with van der Waals surface area (Å²) in [5.41, 5.74) is 4.59. The van der Waals surface area contributed by atoms with Crippen LogP contribution in [0.15, 0.2) is 30.6 Å². The number of pyridine rings is 1. The Kier molecular flexibility index (Phi) is 3.41. The molecule has 0 aliphatic carbocycles. The van der Waals surface area contributed by atoms with Gasteiger partial charge in [0.2, 0.25) is 0 Å². The smallest absolute Gasteiger partial charge is 0.279 e. The summed E-state index contributed by atoms with van der Waals surface area (Å²) < 4.78 is 3.71. The monoisotopic (exact) mass is 348 g/mol. The van der Waals surface area contributed by atoms with Crippen molar-refractivity contribution in [2.75, 3.05) is 11.4 Å². The van der Waals surface area contributed by atoms with Gasteiger partial charge in [-0.3, -0.25) is 19.1 Å². The summed E-state index contributed by atoms with van der Waals surface area (Å²) in [6.45, 7) is 1.58. The van der Waals surface area contributed by atoms with Crippen molar-refractivity contribution in [3.63, 3.8) is 0 Å². The lowest BCUT2D eigenvalue weighted by Crippen LogP contribution is -2.36. The van der Waals surface area contributed by atoms with Gasteiger partial charge in [0.15, 0.2) is 5.69 Å². The van der Waals surface area contributed by atoms with Gasteiger partial charge < -0.3 is 0 Å². The topological polar surface area (TPSA) is 68.8 Å². The standard InChI is InChI=1S/C19H20N6O/c1-23-12-14(11-20-23)16-7-6-13-4-2-8-24(18(13)21-16)19(26)17-10-15-5-3-9-25(15)22-17/h6-7,10-12H,2-5,8-9H2,1H3. The van der Waals surface area contributed by atoms with Crippen LogP contribution in [0.5, 0.6) is 0 Å². The summed E-state index contributed by atoms with van der Waals surface area (Å²) in [5, 5.41) is 8.73. The predicted octanol–water partition coefficient (Wildman–Crippen LogP) is 2.22. The average molecular weight is 348 g/mol. The average Bonchev–Trinajstić information content (AvgIpc) is 3.36. The van der Waals surface area contributed by atoms with E-state index >= 15 is 0 Å². The third-order valence-electron chi connectivity index (χ3n) is 5.17. The van der Waals surface area contributed by atoms with Gasteiger partial charge in [0.1, 0.15) is 5.82 Å². The molecule has 26 heavy (non-hydrogen) atoms. The molecule has 5 heterocycles. The van der Waals surface area contributed by atoms with Crippen LogP contribution in [0.1, 0.15) is 34.6 Å². The Labute approximate surface area is 151 Å². The molecule has 0 atom stereocenters. The van der Waals surface area contributed by atoms with Gasteiger partial charge in [-0.25, -0.2) is 4.98 Å². The lowest BCUT2D eigenvalue weighted by Gasteiger charge is -2.28. The van der Waals surface area contributed by atoms with E-state index in [1.807, 2.05) is 30.1 Å². The fourth-order valence-corrected chi connectivity index (χ4v) is 3.85. The summed E-state index contributed by atoms with van der Waals surface area (Å²) in [6.07, 6.45) is 7.73. The molecule has 0 radical (unpaired) electrons. The van der Waals surface area contributed by atoms with E-state index in [0.717, 1.165) is 60.6 Å². The van der Waals surface area contributed by atoms with E-state index in [0.29, 0.717) is 12.2 Å². The largest absolute Gasteiger partial charge is 0.291 e. The third kappa shape index (κ3) is 2.42. The molecule has 5 rings (SSSR count). The van der Waals surface area contributed by atoms with Gasteiger partial charge in [-0.2, -0.15) is 10.2 Å². The number of hydrogen-bond donors (Lipinski definition) is 0. The van der Waals surface area contributed by atoms with Crippen molar-refractivity contribution >= 4 is 11.7 Å². The first-order chi connectivity index (χ1) is 12.7. The number of carbonyl (C=O) groups is 1. The maximum absolute atomic E-state index is 13.1. The lowest BCUT2D eigenvalue weighted by molar-refractivity contribution is 0.0978. The molecule has 0 N–H and O–H groups in total. The van der Waals surface area contributed by atoms with Crippen molar-refractivity contribution in [3.05, 3.63) is 47.5 Å². The molecule has 0 spiro atoms.